The van der Waals surface area contributed by atoms with Crippen LogP contribution in [0.1, 0.15) is 66.2 Å². The van der Waals surface area contributed by atoms with E-state index in [0.717, 1.165) is 17.8 Å². The molecule has 1 saturated carbocycles. The van der Waals surface area contributed by atoms with Crippen LogP contribution in [0, 0.1) is 11.7 Å². The van der Waals surface area contributed by atoms with Crippen molar-refractivity contribution in [2.45, 2.75) is 50.9 Å². The first-order valence-corrected chi connectivity index (χ1v) is 11.1. The van der Waals surface area contributed by atoms with Gasteiger partial charge in [0.15, 0.2) is 0 Å². The maximum atomic E-state index is 13.4. The normalized spacial score (nSPS) is 18.6. The third-order valence-electron chi connectivity index (χ3n) is 5.85. The molecule has 1 aliphatic heterocycles. The van der Waals surface area contributed by atoms with E-state index >= 15 is 0 Å². The average molecular weight is 417 g/mol. The fraction of sp³-hybridized carbons (Fsp3) is 0.524. The molecule has 2 heterocycles. The number of nitrogens with one attached hydrogen (secondary N) is 1. The van der Waals surface area contributed by atoms with Gasteiger partial charge in [0.05, 0.1) is 0 Å². The molecule has 29 heavy (non-hydrogen) atoms. The lowest BCUT2D eigenvalue weighted by molar-refractivity contribution is -0.121. The summed E-state index contributed by atoms with van der Waals surface area (Å²) >= 11 is 1.48. The van der Waals surface area contributed by atoms with E-state index in [1.54, 1.807) is 11.0 Å². The highest BCUT2D eigenvalue weighted by Crippen LogP contribution is 2.35. The molecular weight excluding hydrogens is 391 g/mol. The Bertz CT molecular complexity index is 873. The zero-order valence-electron chi connectivity index (χ0n) is 16.3. The van der Waals surface area contributed by atoms with Crippen LogP contribution in [0.25, 0.3) is 0 Å². The summed E-state index contributed by atoms with van der Waals surface area (Å²) in [4.78, 5) is 26.8. The molecule has 0 spiro atoms. The molecule has 1 aliphatic carbocycles. The second kappa shape index (κ2) is 8.98. The summed E-state index contributed by atoms with van der Waals surface area (Å²) in [5.74, 6) is -0.355. The lowest BCUT2D eigenvalue weighted by atomic mass is 9.90. The molecule has 2 fully saturated rings. The number of carbonyl (C=O) groups is 2. The minimum absolute atomic E-state index is 0.0609. The van der Waals surface area contributed by atoms with E-state index in [2.05, 4.69) is 15.5 Å². The van der Waals surface area contributed by atoms with Crippen LogP contribution in [0.5, 0.6) is 0 Å². The number of hydrogen-bond acceptors (Lipinski definition) is 5. The largest absolute Gasteiger partial charge is 0.339 e. The molecular formula is C21H25FN4O2S. The van der Waals surface area contributed by atoms with Gasteiger partial charge in [0.2, 0.25) is 11.0 Å². The monoisotopic (exact) mass is 416 g/mol. The van der Waals surface area contributed by atoms with Crippen LogP contribution in [-0.4, -0.2) is 40.0 Å². The smallest absolute Gasteiger partial charge is 0.253 e. The van der Waals surface area contributed by atoms with Gasteiger partial charge in [0.1, 0.15) is 10.8 Å². The minimum Gasteiger partial charge on any atom is -0.339 e. The Balaban J connectivity index is 1.29. The first-order chi connectivity index (χ1) is 14.1. The number of amides is 2. The number of halogens is 1. The zero-order valence-corrected chi connectivity index (χ0v) is 17.1. The van der Waals surface area contributed by atoms with Crippen LogP contribution >= 0.6 is 11.3 Å². The number of carbonyl (C=O) groups excluding carboxylic acids is 2. The summed E-state index contributed by atoms with van der Waals surface area (Å²) < 4.78 is 13.4. The second-order valence-corrected chi connectivity index (χ2v) is 8.86. The van der Waals surface area contributed by atoms with Crippen molar-refractivity contribution in [1.82, 2.24) is 15.1 Å². The number of hydrogen-bond donors (Lipinski definition) is 1. The summed E-state index contributed by atoms with van der Waals surface area (Å²) in [6.07, 6.45) is 7.24. The summed E-state index contributed by atoms with van der Waals surface area (Å²) in [5, 5.41) is 12.9. The van der Waals surface area contributed by atoms with Crippen LogP contribution < -0.4 is 5.32 Å². The molecule has 2 aliphatic rings. The van der Waals surface area contributed by atoms with Gasteiger partial charge in [-0.2, -0.15) is 0 Å². The summed E-state index contributed by atoms with van der Waals surface area (Å²) in [6.45, 7) is 0.966. The predicted octanol–water partition coefficient (Wildman–Crippen LogP) is 4.22. The number of rotatable bonds is 4. The molecule has 1 aromatic heterocycles. The van der Waals surface area contributed by atoms with Crippen molar-refractivity contribution < 1.29 is 14.0 Å². The SMILES string of the molecule is O=C(Nc1nnc(C2CCCCC2)s1)C1CCN(C(=O)c2cccc(F)c2)CC1. The van der Waals surface area contributed by atoms with Gasteiger partial charge in [-0.15, -0.1) is 10.2 Å². The van der Waals surface area contributed by atoms with Crippen LogP contribution in [0.4, 0.5) is 9.52 Å². The molecule has 0 radical (unpaired) electrons. The van der Waals surface area contributed by atoms with Gasteiger partial charge in [-0.3, -0.25) is 9.59 Å². The summed E-state index contributed by atoms with van der Waals surface area (Å²) in [6, 6.07) is 5.72. The van der Waals surface area contributed by atoms with Gasteiger partial charge >= 0.3 is 0 Å². The molecule has 4 rings (SSSR count). The van der Waals surface area contributed by atoms with Crippen LogP contribution in [0.15, 0.2) is 24.3 Å². The molecule has 8 heteroatoms. The van der Waals surface area contributed by atoms with Crippen molar-refractivity contribution in [2.75, 3.05) is 18.4 Å². The highest BCUT2D eigenvalue weighted by atomic mass is 32.1. The molecule has 6 nitrogen and oxygen atoms in total. The van der Waals surface area contributed by atoms with Crippen molar-refractivity contribution in [1.29, 1.82) is 0 Å². The Morgan fingerprint density at radius 2 is 1.83 bits per heavy atom. The number of benzene rings is 1. The Hall–Kier alpha value is -2.35. The van der Waals surface area contributed by atoms with Gasteiger partial charge in [-0.05, 0) is 43.9 Å². The Morgan fingerprint density at radius 1 is 1.07 bits per heavy atom. The summed E-state index contributed by atoms with van der Waals surface area (Å²) in [5.41, 5.74) is 0.344. The predicted molar refractivity (Wildman–Crippen MR) is 109 cm³/mol. The average Bonchev–Trinajstić information content (AvgIpc) is 3.22. The van der Waals surface area contributed by atoms with E-state index in [4.69, 9.17) is 0 Å². The quantitative estimate of drug-likeness (QED) is 0.810. The molecule has 2 aromatic rings. The van der Waals surface area contributed by atoms with Crippen molar-refractivity contribution in [3.8, 4) is 0 Å². The maximum Gasteiger partial charge on any atom is 0.253 e. The maximum absolute atomic E-state index is 13.4. The van der Waals surface area contributed by atoms with Crippen LogP contribution in [-0.2, 0) is 4.79 Å². The van der Waals surface area contributed by atoms with Gasteiger partial charge in [-0.25, -0.2) is 4.39 Å². The standard InChI is InChI=1S/C21H25FN4O2S/c22-17-8-4-7-16(13-17)20(28)26-11-9-14(10-12-26)18(27)23-21-25-24-19(29-21)15-5-2-1-3-6-15/h4,7-8,13-15H,1-3,5-6,9-12H2,(H,23,25,27). The summed E-state index contributed by atoms with van der Waals surface area (Å²) in [7, 11) is 0. The number of likely N-dealkylation sites (tertiary alicyclic amines) is 1. The van der Waals surface area contributed by atoms with Crippen LogP contribution in [0.3, 0.4) is 0 Å². The van der Waals surface area contributed by atoms with Crippen LogP contribution in [0.2, 0.25) is 0 Å². The molecule has 0 atom stereocenters. The van der Waals surface area contributed by atoms with E-state index in [1.165, 1.54) is 48.8 Å². The van der Waals surface area contributed by atoms with E-state index in [1.807, 2.05) is 0 Å². The second-order valence-electron chi connectivity index (χ2n) is 7.85. The number of anilines is 1. The Labute approximate surface area is 173 Å². The van der Waals surface area contributed by atoms with Crippen molar-refractivity contribution >= 4 is 28.3 Å². The molecule has 2 amide bonds. The Morgan fingerprint density at radius 3 is 2.55 bits per heavy atom. The highest BCUT2D eigenvalue weighted by molar-refractivity contribution is 7.15. The number of aromatic nitrogens is 2. The lowest BCUT2D eigenvalue weighted by Crippen LogP contribution is -2.41. The number of piperidine rings is 1. The lowest BCUT2D eigenvalue weighted by Gasteiger charge is -2.31. The molecule has 0 bridgehead atoms. The third-order valence-corrected chi connectivity index (χ3v) is 6.85. The molecule has 1 N–H and O–H groups in total. The van der Waals surface area contributed by atoms with Gasteiger partial charge in [0, 0.05) is 30.5 Å². The molecule has 154 valence electrons. The van der Waals surface area contributed by atoms with Gasteiger partial charge < -0.3 is 10.2 Å². The Kier molecular flexibility index (Phi) is 6.18. The topological polar surface area (TPSA) is 75.2 Å². The van der Waals surface area contributed by atoms with E-state index in [0.29, 0.717) is 42.5 Å². The zero-order chi connectivity index (χ0) is 20.2. The van der Waals surface area contributed by atoms with Crippen molar-refractivity contribution in [2.24, 2.45) is 5.92 Å². The number of nitrogens with zero attached hydrogens (tertiary/aromatic N) is 3. The fourth-order valence-electron chi connectivity index (χ4n) is 4.16. The van der Waals surface area contributed by atoms with Crippen molar-refractivity contribution in [3.63, 3.8) is 0 Å². The van der Waals surface area contributed by atoms with E-state index in [-0.39, 0.29) is 17.7 Å². The van der Waals surface area contributed by atoms with Crippen molar-refractivity contribution in [3.05, 3.63) is 40.7 Å². The third kappa shape index (κ3) is 4.80. The van der Waals surface area contributed by atoms with Gasteiger partial charge in [0.25, 0.3) is 5.91 Å². The first kappa shape index (κ1) is 19.9. The first-order valence-electron chi connectivity index (χ1n) is 10.3. The molecule has 1 saturated heterocycles. The molecule has 1 aromatic carbocycles. The van der Waals surface area contributed by atoms with E-state index in [9.17, 15) is 14.0 Å². The highest BCUT2D eigenvalue weighted by Gasteiger charge is 2.29. The molecule has 0 unspecified atom stereocenters. The van der Waals surface area contributed by atoms with Gasteiger partial charge in [-0.1, -0.05) is 36.7 Å². The fourth-order valence-corrected chi connectivity index (χ4v) is 5.07. The van der Waals surface area contributed by atoms with E-state index < -0.39 is 5.82 Å². The minimum atomic E-state index is -0.422.